The molecular weight excluding hydrogens is 466 g/mol. The molecule has 2 fully saturated rings. The van der Waals surface area contributed by atoms with Crippen LogP contribution in [0.2, 0.25) is 0 Å². The summed E-state index contributed by atoms with van der Waals surface area (Å²) in [7, 11) is -4.04. The molecule has 0 amide bonds. The number of rotatable bonds is 7. The molecule has 12 heteroatoms. The Balaban J connectivity index is 1.38. The highest BCUT2D eigenvalue weighted by molar-refractivity contribution is 7.89. The molecule has 2 saturated carbocycles. The van der Waals surface area contributed by atoms with Gasteiger partial charge in [0.1, 0.15) is 12.2 Å². The van der Waals surface area contributed by atoms with Gasteiger partial charge in [-0.05, 0) is 56.4 Å². The molecule has 2 aromatic heterocycles. The van der Waals surface area contributed by atoms with Crippen LogP contribution < -0.4 is 4.72 Å². The Labute approximate surface area is 196 Å². The molecule has 2 heterocycles. The molecule has 1 N–H and O–H groups in total. The zero-order chi connectivity index (χ0) is 24.1. The monoisotopic (exact) mass is 492 g/mol. The fraction of sp³-hybridized carbons (Fsp3) is 0.545. The maximum absolute atomic E-state index is 14.5. The molecule has 2 aliphatic carbocycles. The lowest BCUT2D eigenvalue weighted by Crippen LogP contribution is -2.45. The van der Waals surface area contributed by atoms with E-state index in [1.807, 2.05) is 6.92 Å². The van der Waals surface area contributed by atoms with E-state index in [1.165, 1.54) is 12.4 Å². The van der Waals surface area contributed by atoms with E-state index in [0.717, 1.165) is 12.8 Å². The van der Waals surface area contributed by atoms with Gasteiger partial charge in [-0.3, -0.25) is 0 Å². The number of alkyl halides is 2. The first kappa shape index (κ1) is 23.0. The van der Waals surface area contributed by atoms with Crippen molar-refractivity contribution in [3.8, 4) is 11.4 Å². The Bertz CT molecular complexity index is 1300. The maximum Gasteiger partial charge on any atom is 0.251 e. The molecule has 9 nitrogen and oxygen atoms in total. The summed E-state index contributed by atoms with van der Waals surface area (Å²) >= 11 is 0. The minimum Gasteiger partial charge on any atom is -0.339 e. The van der Waals surface area contributed by atoms with Crippen molar-refractivity contribution in [3.05, 3.63) is 41.8 Å². The average Bonchev–Trinajstić information content (AvgIpc) is 3.34. The molecule has 5 rings (SSSR count). The second-order valence-corrected chi connectivity index (χ2v) is 10.8. The summed E-state index contributed by atoms with van der Waals surface area (Å²) in [5.41, 5.74) is 1.20. The van der Waals surface area contributed by atoms with Crippen molar-refractivity contribution in [3.63, 3.8) is 0 Å². The van der Waals surface area contributed by atoms with Gasteiger partial charge in [0.25, 0.3) is 5.92 Å². The van der Waals surface area contributed by atoms with E-state index in [9.17, 15) is 17.2 Å². The van der Waals surface area contributed by atoms with Gasteiger partial charge in [0.2, 0.25) is 21.7 Å². The van der Waals surface area contributed by atoms with Crippen molar-refractivity contribution in [2.24, 2.45) is 0 Å². The van der Waals surface area contributed by atoms with Gasteiger partial charge < -0.3 is 9.09 Å². The second-order valence-electron chi connectivity index (χ2n) is 9.16. The summed E-state index contributed by atoms with van der Waals surface area (Å²) in [4.78, 5) is 4.49. The quantitative estimate of drug-likeness (QED) is 0.534. The summed E-state index contributed by atoms with van der Waals surface area (Å²) < 4.78 is 65.0. The number of nitrogens with zero attached hydrogens (tertiary/aromatic N) is 5. The van der Waals surface area contributed by atoms with Gasteiger partial charge in [-0.15, -0.1) is 10.2 Å². The number of aromatic nitrogens is 5. The zero-order valence-electron chi connectivity index (χ0n) is 18.9. The van der Waals surface area contributed by atoms with E-state index in [1.54, 1.807) is 23.6 Å². The van der Waals surface area contributed by atoms with Gasteiger partial charge >= 0.3 is 0 Å². The third kappa shape index (κ3) is 4.61. The zero-order valence-corrected chi connectivity index (χ0v) is 19.7. The lowest BCUT2D eigenvalue weighted by atomic mass is 9.88. The van der Waals surface area contributed by atoms with Crippen LogP contribution in [0.15, 0.2) is 33.9 Å². The summed E-state index contributed by atoms with van der Waals surface area (Å²) in [6.07, 6.45) is 3.18. The molecule has 2 aliphatic rings. The highest BCUT2D eigenvalue weighted by Crippen LogP contribution is 2.41. The topological polar surface area (TPSA) is 116 Å². The fourth-order valence-electron chi connectivity index (χ4n) is 4.63. The van der Waals surface area contributed by atoms with Gasteiger partial charge in [-0.2, -0.15) is 4.98 Å². The molecule has 1 aromatic carbocycles. The van der Waals surface area contributed by atoms with Crippen LogP contribution in [0.3, 0.4) is 0 Å². The number of hydrogen-bond donors (Lipinski definition) is 1. The summed E-state index contributed by atoms with van der Waals surface area (Å²) in [6, 6.07) is 3.29. The largest absolute Gasteiger partial charge is 0.339 e. The second kappa shape index (κ2) is 8.49. The number of hydrogen-bond acceptors (Lipinski definition) is 7. The Morgan fingerprint density at radius 2 is 2.06 bits per heavy atom. The van der Waals surface area contributed by atoms with Crippen molar-refractivity contribution < 1.29 is 21.7 Å². The highest BCUT2D eigenvalue weighted by atomic mass is 32.2. The Morgan fingerprint density at radius 3 is 2.74 bits per heavy atom. The first-order valence-electron chi connectivity index (χ1n) is 11.4. The molecule has 2 atom stereocenters. The number of benzene rings is 1. The lowest BCUT2D eigenvalue weighted by molar-refractivity contribution is -0.0579. The van der Waals surface area contributed by atoms with Crippen LogP contribution in [-0.4, -0.2) is 45.3 Å². The Hall–Kier alpha value is -2.73. The first-order chi connectivity index (χ1) is 16.1. The molecule has 0 radical (unpaired) electrons. The fourth-order valence-corrected chi connectivity index (χ4v) is 6.17. The molecule has 0 aliphatic heterocycles. The van der Waals surface area contributed by atoms with Crippen molar-refractivity contribution in [1.29, 1.82) is 0 Å². The molecule has 0 unspecified atom stereocenters. The van der Waals surface area contributed by atoms with E-state index in [4.69, 9.17) is 4.52 Å². The smallest absolute Gasteiger partial charge is 0.251 e. The van der Waals surface area contributed by atoms with E-state index in [0.29, 0.717) is 41.0 Å². The van der Waals surface area contributed by atoms with E-state index in [2.05, 4.69) is 25.1 Å². The van der Waals surface area contributed by atoms with Crippen LogP contribution in [0.25, 0.3) is 11.4 Å². The third-order valence-corrected chi connectivity index (χ3v) is 8.08. The van der Waals surface area contributed by atoms with Gasteiger partial charge in [-0.25, -0.2) is 21.9 Å². The lowest BCUT2D eigenvalue weighted by Gasteiger charge is -2.35. The van der Waals surface area contributed by atoms with Crippen LogP contribution >= 0.6 is 0 Å². The van der Waals surface area contributed by atoms with Gasteiger partial charge in [0, 0.05) is 36.4 Å². The standard InChI is InChI=1S/C22H26F2N6O3S/c1-3-14-8-16(20-26-21(33-28-20)15-4-5-15)6-7-19(14)34(31,32)29-17-9-18(11-22(23,24)10-17)30-12-25-27-13(30)2/h6-8,12,15,17-18,29H,3-5,9-11H2,1-2H3/t17-,18+/m1/s1. The van der Waals surface area contributed by atoms with E-state index >= 15 is 0 Å². The predicted molar refractivity (Wildman–Crippen MR) is 118 cm³/mol. The molecule has 34 heavy (non-hydrogen) atoms. The summed E-state index contributed by atoms with van der Waals surface area (Å²) in [6.45, 7) is 3.52. The van der Waals surface area contributed by atoms with Crippen LogP contribution in [0.1, 0.15) is 68.3 Å². The Morgan fingerprint density at radius 1 is 1.26 bits per heavy atom. The van der Waals surface area contributed by atoms with Gasteiger partial charge in [0.15, 0.2) is 0 Å². The van der Waals surface area contributed by atoms with Crippen LogP contribution in [0, 0.1) is 6.92 Å². The summed E-state index contributed by atoms with van der Waals surface area (Å²) in [5.74, 6) is -1.17. The summed E-state index contributed by atoms with van der Waals surface area (Å²) in [5, 5.41) is 11.7. The van der Waals surface area contributed by atoms with Crippen molar-refractivity contribution in [2.75, 3.05) is 0 Å². The molecule has 0 saturated heterocycles. The van der Waals surface area contributed by atoms with E-state index < -0.39 is 34.5 Å². The van der Waals surface area contributed by atoms with Crippen LogP contribution in [0.4, 0.5) is 8.78 Å². The van der Waals surface area contributed by atoms with Gasteiger partial charge in [-0.1, -0.05) is 12.1 Å². The minimum atomic E-state index is -4.04. The molecule has 3 aromatic rings. The van der Waals surface area contributed by atoms with Crippen molar-refractivity contribution >= 4 is 10.0 Å². The molecular formula is C22H26F2N6O3S. The van der Waals surface area contributed by atoms with Crippen LogP contribution in [-0.2, 0) is 16.4 Å². The number of aryl methyl sites for hydroxylation is 2. The third-order valence-electron chi connectivity index (χ3n) is 6.46. The van der Waals surface area contributed by atoms with Crippen LogP contribution in [0.5, 0.6) is 0 Å². The SMILES string of the molecule is CCc1cc(-c2noc(C3CC3)n2)ccc1S(=O)(=O)N[C@@H]1C[C@H](n2cnnc2C)CC(F)(F)C1. The minimum absolute atomic E-state index is 0.0654. The number of nitrogens with one attached hydrogen (secondary N) is 1. The average molecular weight is 493 g/mol. The Kier molecular flexibility index (Phi) is 5.75. The van der Waals surface area contributed by atoms with Crippen molar-refractivity contribution in [2.45, 2.75) is 81.2 Å². The molecule has 0 bridgehead atoms. The number of sulfonamides is 1. The maximum atomic E-state index is 14.5. The van der Waals surface area contributed by atoms with E-state index in [-0.39, 0.29) is 17.7 Å². The normalized spacial score (nSPS) is 22.7. The van der Waals surface area contributed by atoms with Gasteiger partial charge in [0.05, 0.1) is 4.90 Å². The first-order valence-corrected chi connectivity index (χ1v) is 12.9. The predicted octanol–water partition coefficient (Wildman–Crippen LogP) is 3.78. The van der Waals surface area contributed by atoms with Crippen molar-refractivity contribution in [1.82, 2.24) is 29.6 Å². The molecule has 182 valence electrons. The molecule has 0 spiro atoms. The highest BCUT2D eigenvalue weighted by Gasteiger charge is 2.43. The number of halogens is 2.